The van der Waals surface area contributed by atoms with Crippen molar-refractivity contribution in [2.75, 3.05) is 38.6 Å². The number of H-pyrrole nitrogens is 1. The number of hydrogen-bond donors (Lipinski definition) is 2. The first kappa shape index (κ1) is 18.4. The van der Waals surface area contributed by atoms with E-state index in [1.165, 1.54) is 4.57 Å². The number of ketones is 1. The van der Waals surface area contributed by atoms with Gasteiger partial charge < -0.3 is 10.5 Å². The Hall–Kier alpha value is -1.64. The molecule has 2 heterocycles. The molecule has 0 amide bonds. The molecule has 0 bridgehead atoms. The number of aromatic amines is 1. The number of ether oxygens (including phenoxy) is 1. The molecule has 3 N–H and O–H groups in total. The fourth-order valence-corrected chi connectivity index (χ4v) is 2.34. The molecule has 1 aliphatic rings. The lowest BCUT2D eigenvalue weighted by molar-refractivity contribution is 0.0371. The summed E-state index contributed by atoms with van der Waals surface area (Å²) in [7, 11) is 0. The zero-order chi connectivity index (χ0) is 15.4. The molecule has 1 aromatic heterocycles. The summed E-state index contributed by atoms with van der Waals surface area (Å²) < 4.78 is 6.44. The van der Waals surface area contributed by atoms with Gasteiger partial charge in [-0.1, -0.05) is 6.92 Å². The van der Waals surface area contributed by atoms with Crippen LogP contribution in [0.25, 0.3) is 0 Å². The number of nitrogens with zero attached hydrogens (tertiary/aromatic N) is 2. The highest BCUT2D eigenvalue weighted by atomic mass is 35.5. The first-order valence-electron chi connectivity index (χ1n) is 7.00. The van der Waals surface area contributed by atoms with Crippen molar-refractivity contribution in [1.29, 1.82) is 0 Å². The van der Waals surface area contributed by atoms with Gasteiger partial charge in [0.1, 0.15) is 11.4 Å². The van der Waals surface area contributed by atoms with E-state index in [0.717, 1.165) is 0 Å². The maximum Gasteiger partial charge on any atom is 0.329 e. The lowest BCUT2D eigenvalue weighted by Gasteiger charge is -2.25. The number of nitrogens with one attached hydrogen (secondary N) is 1. The van der Waals surface area contributed by atoms with E-state index in [1.807, 2.05) is 11.8 Å². The molecular formula is C13H21ClN4O4. The molecule has 0 saturated carbocycles. The van der Waals surface area contributed by atoms with Gasteiger partial charge in [0, 0.05) is 19.6 Å². The summed E-state index contributed by atoms with van der Waals surface area (Å²) in [6.45, 7) is 4.74. The first-order valence-corrected chi connectivity index (χ1v) is 7.00. The molecule has 8 nitrogen and oxygen atoms in total. The maximum absolute atomic E-state index is 12.3. The van der Waals surface area contributed by atoms with Gasteiger partial charge in [0.25, 0.3) is 5.56 Å². The van der Waals surface area contributed by atoms with E-state index < -0.39 is 11.2 Å². The zero-order valence-corrected chi connectivity index (χ0v) is 13.3. The van der Waals surface area contributed by atoms with E-state index in [9.17, 15) is 14.4 Å². The molecule has 2 rings (SSSR count). The van der Waals surface area contributed by atoms with E-state index >= 15 is 0 Å². The summed E-state index contributed by atoms with van der Waals surface area (Å²) in [5.41, 5.74) is 4.43. The van der Waals surface area contributed by atoms with Crippen molar-refractivity contribution < 1.29 is 9.53 Å². The van der Waals surface area contributed by atoms with Crippen molar-refractivity contribution in [2.45, 2.75) is 19.9 Å². The van der Waals surface area contributed by atoms with Crippen LogP contribution in [-0.2, 0) is 11.3 Å². The van der Waals surface area contributed by atoms with Crippen LogP contribution in [-0.4, -0.2) is 53.1 Å². The van der Waals surface area contributed by atoms with E-state index in [4.69, 9.17) is 10.5 Å². The van der Waals surface area contributed by atoms with Crippen LogP contribution in [0.5, 0.6) is 0 Å². The normalized spacial score (nSPS) is 15.3. The molecule has 0 unspecified atom stereocenters. The second-order valence-electron chi connectivity index (χ2n) is 4.98. The molecule has 0 aromatic carbocycles. The van der Waals surface area contributed by atoms with Crippen LogP contribution in [0.4, 0.5) is 5.82 Å². The number of carbonyl (C=O) groups is 1. The molecule has 0 atom stereocenters. The van der Waals surface area contributed by atoms with Gasteiger partial charge in [-0.05, 0) is 6.42 Å². The van der Waals surface area contributed by atoms with Crippen LogP contribution >= 0.6 is 12.4 Å². The minimum Gasteiger partial charge on any atom is -0.384 e. The Morgan fingerprint density at radius 1 is 1.32 bits per heavy atom. The Labute approximate surface area is 133 Å². The van der Waals surface area contributed by atoms with Crippen LogP contribution in [0, 0.1) is 0 Å². The molecule has 1 aromatic rings. The number of Topliss-reactive ketones (excluding diaryl/α,β-unsaturated/α-hetero) is 1. The molecule has 0 spiro atoms. The topological polar surface area (TPSA) is 110 Å². The summed E-state index contributed by atoms with van der Waals surface area (Å²) in [5.74, 6) is -0.427. The quantitative estimate of drug-likeness (QED) is 0.701. The zero-order valence-electron chi connectivity index (χ0n) is 12.5. The van der Waals surface area contributed by atoms with E-state index in [1.54, 1.807) is 0 Å². The maximum atomic E-state index is 12.3. The summed E-state index contributed by atoms with van der Waals surface area (Å²) >= 11 is 0. The Morgan fingerprint density at radius 3 is 2.55 bits per heavy atom. The van der Waals surface area contributed by atoms with E-state index in [-0.39, 0.29) is 36.1 Å². The summed E-state index contributed by atoms with van der Waals surface area (Å²) in [6.07, 6.45) is 0.674. The number of nitrogen functional groups attached to an aromatic ring is 1. The number of carbonyl (C=O) groups excluding carboxylic acids is 1. The number of rotatable bonds is 5. The SMILES string of the molecule is CCCn1c(N)c(C(=O)CN2CCOCC2)c(=O)[nH]c1=O.Cl. The van der Waals surface area contributed by atoms with Gasteiger partial charge in [-0.25, -0.2) is 4.79 Å². The largest absolute Gasteiger partial charge is 0.384 e. The number of anilines is 1. The molecule has 1 saturated heterocycles. The Kier molecular flexibility index (Phi) is 6.79. The average molecular weight is 333 g/mol. The summed E-state index contributed by atoms with van der Waals surface area (Å²) in [6, 6.07) is 0. The molecule has 0 radical (unpaired) electrons. The number of morpholine rings is 1. The minimum absolute atomic E-state index is 0. The monoisotopic (exact) mass is 332 g/mol. The third-order valence-electron chi connectivity index (χ3n) is 3.44. The van der Waals surface area contributed by atoms with Gasteiger partial charge in [0.05, 0.1) is 19.8 Å². The van der Waals surface area contributed by atoms with Crippen molar-refractivity contribution in [3.05, 3.63) is 26.4 Å². The molecule has 0 aliphatic carbocycles. The first-order chi connectivity index (χ1) is 10.0. The van der Waals surface area contributed by atoms with Gasteiger partial charge in [0.2, 0.25) is 0 Å². The van der Waals surface area contributed by atoms with Gasteiger partial charge in [-0.15, -0.1) is 12.4 Å². The molecule has 1 aliphatic heterocycles. The highest BCUT2D eigenvalue weighted by Crippen LogP contribution is 2.07. The van der Waals surface area contributed by atoms with E-state index in [0.29, 0.717) is 39.3 Å². The number of hydrogen-bond acceptors (Lipinski definition) is 6. The van der Waals surface area contributed by atoms with Crippen LogP contribution < -0.4 is 17.0 Å². The molecule has 124 valence electrons. The van der Waals surface area contributed by atoms with Gasteiger partial charge in [0.15, 0.2) is 5.78 Å². The highest BCUT2D eigenvalue weighted by Gasteiger charge is 2.22. The van der Waals surface area contributed by atoms with Crippen LogP contribution in [0.3, 0.4) is 0 Å². The van der Waals surface area contributed by atoms with Gasteiger partial charge in [-0.2, -0.15) is 0 Å². The van der Waals surface area contributed by atoms with E-state index in [2.05, 4.69) is 4.98 Å². The standard InChI is InChI=1S/C13H20N4O4.ClH/c1-2-3-17-11(14)10(12(19)15-13(17)20)9(18)8-16-4-6-21-7-5-16;/h2-8,14H2,1H3,(H,15,19,20);1H. The van der Waals surface area contributed by atoms with Crippen molar-refractivity contribution >= 4 is 24.0 Å². The van der Waals surface area contributed by atoms with Crippen molar-refractivity contribution in [1.82, 2.24) is 14.5 Å². The Morgan fingerprint density at radius 2 is 1.95 bits per heavy atom. The number of halogens is 1. The van der Waals surface area contributed by atoms with Crippen LogP contribution in [0.2, 0.25) is 0 Å². The third-order valence-corrected chi connectivity index (χ3v) is 3.44. The summed E-state index contributed by atoms with van der Waals surface area (Å²) in [4.78, 5) is 40.0. The number of aromatic nitrogens is 2. The molecular weight excluding hydrogens is 312 g/mol. The lowest BCUT2D eigenvalue weighted by Crippen LogP contribution is -2.42. The third kappa shape index (κ3) is 3.96. The fourth-order valence-electron chi connectivity index (χ4n) is 2.34. The van der Waals surface area contributed by atoms with Gasteiger partial charge >= 0.3 is 5.69 Å². The predicted molar refractivity (Wildman–Crippen MR) is 84.9 cm³/mol. The summed E-state index contributed by atoms with van der Waals surface area (Å²) in [5, 5.41) is 0. The second-order valence-corrected chi connectivity index (χ2v) is 4.98. The minimum atomic E-state index is -0.719. The average Bonchev–Trinajstić information content (AvgIpc) is 2.44. The smallest absolute Gasteiger partial charge is 0.329 e. The molecule has 9 heteroatoms. The highest BCUT2D eigenvalue weighted by molar-refractivity contribution is 6.01. The number of nitrogens with two attached hydrogens (primary N) is 1. The van der Waals surface area contributed by atoms with Crippen LogP contribution in [0.15, 0.2) is 9.59 Å². The Balaban J connectivity index is 0.00000242. The lowest BCUT2D eigenvalue weighted by atomic mass is 10.1. The molecule has 1 fully saturated rings. The molecule has 22 heavy (non-hydrogen) atoms. The predicted octanol–water partition coefficient (Wildman–Crippen LogP) is -0.534. The second kappa shape index (κ2) is 8.11. The fraction of sp³-hybridized carbons (Fsp3) is 0.615. The van der Waals surface area contributed by atoms with Crippen molar-refractivity contribution in [2.24, 2.45) is 0 Å². The van der Waals surface area contributed by atoms with Gasteiger partial charge in [-0.3, -0.25) is 24.0 Å². The Bertz CT molecular complexity index is 634. The van der Waals surface area contributed by atoms with Crippen LogP contribution in [0.1, 0.15) is 23.7 Å². The van der Waals surface area contributed by atoms with Crippen molar-refractivity contribution in [3.8, 4) is 0 Å². The van der Waals surface area contributed by atoms with Crippen molar-refractivity contribution in [3.63, 3.8) is 0 Å².